The topological polar surface area (TPSA) is 67.8 Å². The molecule has 0 bridgehead atoms. The first-order chi connectivity index (χ1) is 11.0. The Labute approximate surface area is 143 Å². The highest BCUT2D eigenvalue weighted by molar-refractivity contribution is 7.93. The van der Waals surface area contributed by atoms with Crippen LogP contribution in [0.25, 0.3) is 0 Å². The molecule has 10 heteroatoms. The number of benzene rings is 1. The predicted molar refractivity (Wildman–Crippen MR) is 87.6 cm³/mol. The van der Waals surface area contributed by atoms with E-state index < -0.39 is 15.5 Å². The zero-order chi connectivity index (χ0) is 18.5. The van der Waals surface area contributed by atoms with Gasteiger partial charge in [-0.25, -0.2) is 0 Å². The van der Waals surface area contributed by atoms with Crippen LogP contribution in [0.1, 0.15) is 25.8 Å². The van der Waals surface area contributed by atoms with Crippen LogP contribution in [0.5, 0.6) is 0 Å². The van der Waals surface area contributed by atoms with Gasteiger partial charge in [0.2, 0.25) is 0 Å². The maximum Gasteiger partial charge on any atom is 0.516 e. The number of nitrogens with one attached hydrogen (secondary N) is 1. The first-order valence-corrected chi connectivity index (χ1v) is 8.56. The number of halogens is 4. The first-order valence-electron chi connectivity index (χ1n) is 6.70. The van der Waals surface area contributed by atoms with Crippen molar-refractivity contribution >= 4 is 33.0 Å². The Morgan fingerprint density at radius 2 is 2.04 bits per heavy atom. The van der Waals surface area contributed by atoms with Gasteiger partial charge in [-0.05, 0) is 37.1 Å². The van der Waals surface area contributed by atoms with Crippen LogP contribution in [0.2, 0.25) is 5.02 Å². The van der Waals surface area contributed by atoms with Crippen molar-refractivity contribution in [2.75, 3.05) is 11.3 Å². The van der Waals surface area contributed by atoms with Gasteiger partial charge in [-0.15, -0.1) is 0 Å². The molecule has 0 radical (unpaired) electrons. The van der Waals surface area contributed by atoms with Gasteiger partial charge in [0.25, 0.3) is 0 Å². The molecule has 1 N–H and O–H groups in total. The Kier molecular flexibility index (Phi) is 6.67. The number of hydrogen-bond donors (Lipinski definition) is 1. The van der Waals surface area contributed by atoms with E-state index in [0.29, 0.717) is 5.57 Å². The molecule has 0 aromatic heterocycles. The molecule has 0 saturated heterocycles. The number of alkyl halides is 3. The Balaban J connectivity index is 3.27. The Morgan fingerprint density at radius 1 is 1.42 bits per heavy atom. The molecule has 5 nitrogen and oxygen atoms in total. The Morgan fingerprint density at radius 3 is 2.54 bits per heavy atom. The largest absolute Gasteiger partial charge is 0.516 e. The maximum atomic E-state index is 12.6. The molecule has 0 aliphatic rings. The van der Waals surface area contributed by atoms with Gasteiger partial charge in [0.1, 0.15) is 6.61 Å². The van der Waals surface area contributed by atoms with Gasteiger partial charge in [0.15, 0.2) is 0 Å². The summed E-state index contributed by atoms with van der Waals surface area (Å²) in [6.07, 6.45) is 0.275. The summed E-state index contributed by atoms with van der Waals surface area (Å²) in [4.78, 5) is 5.04. The van der Waals surface area contributed by atoms with Crippen molar-refractivity contribution in [2.45, 2.75) is 25.8 Å². The van der Waals surface area contributed by atoms with Crippen molar-refractivity contribution < 1.29 is 26.4 Å². The third-order valence-corrected chi connectivity index (χ3v) is 4.00. The van der Waals surface area contributed by atoms with Gasteiger partial charge in [-0.2, -0.15) is 21.6 Å². The fraction of sp³-hybridized carbons (Fsp3) is 0.357. The maximum absolute atomic E-state index is 12.6. The number of oxime groups is 1. The monoisotopic (exact) mass is 384 g/mol. The SMILES string of the molecule is C=C(C)CON=C(CC)c1cc(Cl)ccc1NS(=O)(=O)C(F)(F)F. The summed E-state index contributed by atoms with van der Waals surface area (Å²) in [6, 6.07) is 3.70. The van der Waals surface area contributed by atoms with Crippen LogP contribution in [0.4, 0.5) is 18.9 Å². The molecule has 134 valence electrons. The first kappa shape index (κ1) is 20.3. The second-order valence-corrected chi connectivity index (χ2v) is 6.97. The van der Waals surface area contributed by atoms with Crippen molar-refractivity contribution in [3.63, 3.8) is 0 Å². The lowest BCUT2D eigenvalue weighted by atomic mass is 10.1. The summed E-state index contributed by atoms with van der Waals surface area (Å²) in [6.45, 7) is 7.14. The van der Waals surface area contributed by atoms with E-state index in [1.807, 2.05) is 0 Å². The molecule has 1 rings (SSSR count). The third kappa shape index (κ3) is 5.41. The highest BCUT2D eigenvalue weighted by atomic mass is 35.5. The molecule has 0 atom stereocenters. The second kappa shape index (κ2) is 7.89. The predicted octanol–water partition coefficient (Wildman–Crippen LogP) is 4.31. The fourth-order valence-electron chi connectivity index (χ4n) is 1.57. The van der Waals surface area contributed by atoms with Crippen molar-refractivity contribution in [2.24, 2.45) is 5.16 Å². The summed E-state index contributed by atoms with van der Waals surface area (Å²) >= 11 is 5.85. The van der Waals surface area contributed by atoms with E-state index in [2.05, 4.69) is 11.7 Å². The molecule has 1 aromatic rings. The van der Waals surface area contributed by atoms with Crippen molar-refractivity contribution in [3.8, 4) is 0 Å². The molecule has 0 fully saturated rings. The molecule has 0 unspecified atom stereocenters. The van der Waals surface area contributed by atoms with E-state index >= 15 is 0 Å². The highest BCUT2D eigenvalue weighted by Crippen LogP contribution is 2.29. The average molecular weight is 385 g/mol. The number of anilines is 1. The standard InChI is InChI=1S/C14H16ClF3N2O3S/c1-4-12(19-23-8-9(2)3)11-7-10(15)5-6-13(11)20-24(21,22)14(16,17)18/h5-7,20H,2,4,8H2,1,3H3. The Bertz CT molecular complexity index is 746. The minimum Gasteiger partial charge on any atom is -0.391 e. The fourth-order valence-corrected chi connectivity index (χ4v) is 2.33. The second-order valence-electron chi connectivity index (χ2n) is 4.86. The smallest absolute Gasteiger partial charge is 0.391 e. The summed E-state index contributed by atoms with van der Waals surface area (Å²) in [7, 11) is -5.56. The number of hydrogen-bond acceptors (Lipinski definition) is 4. The Hall–Kier alpha value is -1.74. The average Bonchev–Trinajstić information content (AvgIpc) is 2.44. The summed E-state index contributed by atoms with van der Waals surface area (Å²) < 4.78 is 61.8. The van der Waals surface area contributed by atoms with Crippen LogP contribution in [0.3, 0.4) is 0 Å². The molecular weight excluding hydrogens is 369 g/mol. The molecule has 0 spiro atoms. The molecule has 0 saturated carbocycles. The van der Waals surface area contributed by atoms with Crippen LogP contribution in [-0.4, -0.2) is 26.2 Å². The van der Waals surface area contributed by atoms with E-state index in [9.17, 15) is 21.6 Å². The summed E-state index contributed by atoms with van der Waals surface area (Å²) in [5.41, 5.74) is -4.71. The quantitative estimate of drug-likeness (QED) is 0.432. The van der Waals surface area contributed by atoms with Crippen LogP contribution in [-0.2, 0) is 14.9 Å². The van der Waals surface area contributed by atoms with E-state index in [1.54, 1.807) is 13.8 Å². The zero-order valence-corrected chi connectivity index (χ0v) is 14.5. The van der Waals surface area contributed by atoms with Crippen LogP contribution in [0, 0.1) is 0 Å². The summed E-state index contributed by atoms with van der Waals surface area (Å²) in [5.74, 6) is 0. The van der Waals surface area contributed by atoms with Gasteiger partial charge < -0.3 is 4.84 Å². The lowest BCUT2D eigenvalue weighted by molar-refractivity contribution is -0.0429. The van der Waals surface area contributed by atoms with Gasteiger partial charge >= 0.3 is 15.5 Å². The number of nitrogens with zero attached hydrogens (tertiary/aromatic N) is 1. The van der Waals surface area contributed by atoms with Crippen molar-refractivity contribution in [3.05, 3.63) is 40.9 Å². The molecule has 24 heavy (non-hydrogen) atoms. The normalized spacial score (nSPS) is 12.8. The van der Waals surface area contributed by atoms with E-state index in [1.165, 1.54) is 16.9 Å². The molecule has 0 aliphatic carbocycles. The van der Waals surface area contributed by atoms with E-state index in [0.717, 1.165) is 6.07 Å². The third-order valence-electron chi connectivity index (χ3n) is 2.66. The van der Waals surface area contributed by atoms with Gasteiger partial charge in [0.05, 0.1) is 11.4 Å². The van der Waals surface area contributed by atoms with Crippen molar-refractivity contribution in [1.82, 2.24) is 0 Å². The highest BCUT2D eigenvalue weighted by Gasteiger charge is 2.46. The molecule has 1 aromatic carbocycles. The van der Waals surface area contributed by atoms with Gasteiger partial charge in [0, 0.05) is 10.6 Å². The minimum atomic E-state index is -5.56. The van der Waals surface area contributed by atoms with Crippen LogP contribution in [0.15, 0.2) is 35.5 Å². The molecule has 0 amide bonds. The summed E-state index contributed by atoms with van der Waals surface area (Å²) in [5, 5.41) is 4.04. The lowest BCUT2D eigenvalue weighted by Gasteiger charge is -2.15. The van der Waals surface area contributed by atoms with Crippen molar-refractivity contribution in [1.29, 1.82) is 0 Å². The lowest BCUT2D eigenvalue weighted by Crippen LogP contribution is -2.30. The number of sulfonamides is 1. The van der Waals surface area contributed by atoms with Gasteiger partial charge in [-0.3, -0.25) is 4.72 Å². The zero-order valence-electron chi connectivity index (χ0n) is 12.9. The minimum absolute atomic E-state index is 0.0968. The van der Waals surface area contributed by atoms with Gasteiger partial charge in [-0.1, -0.05) is 30.3 Å². The van der Waals surface area contributed by atoms with E-state index in [-0.39, 0.29) is 35.0 Å². The molecule has 0 aliphatic heterocycles. The number of rotatable bonds is 7. The molecular formula is C14H16ClF3N2O3S. The van der Waals surface area contributed by atoms with E-state index in [4.69, 9.17) is 16.4 Å². The molecule has 0 heterocycles. The van der Waals surface area contributed by atoms with Crippen LogP contribution < -0.4 is 4.72 Å². The van der Waals surface area contributed by atoms with Crippen LogP contribution >= 0.6 is 11.6 Å².